The lowest BCUT2D eigenvalue weighted by Crippen LogP contribution is -2.02. The molecule has 0 aliphatic carbocycles. The van der Waals surface area contributed by atoms with Gasteiger partial charge in [-0.05, 0) is 12.1 Å². The fourth-order valence-electron chi connectivity index (χ4n) is 1.53. The van der Waals surface area contributed by atoms with Crippen molar-refractivity contribution in [2.75, 3.05) is 7.11 Å². The van der Waals surface area contributed by atoms with Gasteiger partial charge in [0.05, 0.1) is 28.5 Å². The smallest absolute Gasteiger partial charge is 0.338 e. The van der Waals surface area contributed by atoms with Crippen molar-refractivity contribution in [2.24, 2.45) is 0 Å². The molecule has 0 saturated heterocycles. The fourth-order valence-corrected chi connectivity index (χ4v) is 1.53. The second kappa shape index (κ2) is 3.65. The molecule has 0 atom stereocenters. The molecule has 0 unspecified atom stereocenters. The number of nitrogens with one attached hydrogen (secondary N) is 1. The Morgan fingerprint density at radius 1 is 1.50 bits per heavy atom. The monoisotopic (exact) mass is 220 g/mol. The minimum absolute atomic E-state index is 0.112. The first-order valence-corrected chi connectivity index (χ1v) is 4.47. The van der Waals surface area contributed by atoms with E-state index >= 15 is 0 Å². The lowest BCUT2D eigenvalue weighted by atomic mass is 10.1. The number of nitro benzene ring substituents is 1. The molecule has 0 radical (unpaired) electrons. The summed E-state index contributed by atoms with van der Waals surface area (Å²) in [6, 6.07) is 4.32. The van der Waals surface area contributed by atoms with E-state index in [4.69, 9.17) is 0 Å². The fraction of sp³-hybridized carbons (Fsp3) is 0.100. The molecule has 0 saturated carbocycles. The summed E-state index contributed by atoms with van der Waals surface area (Å²) in [5.41, 5.74) is 0.581. The highest BCUT2D eigenvalue weighted by Crippen LogP contribution is 2.26. The Labute approximate surface area is 90.0 Å². The predicted molar refractivity (Wildman–Crippen MR) is 56.3 cm³/mol. The number of benzene rings is 1. The zero-order valence-corrected chi connectivity index (χ0v) is 8.39. The van der Waals surface area contributed by atoms with Crippen molar-refractivity contribution in [3.05, 3.63) is 40.1 Å². The zero-order valence-electron chi connectivity index (χ0n) is 8.39. The first-order valence-electron chi connectivity index (χ1n) is 4.47. The molecule has 0 amide bonds. The number of esters is 1. The van der Waals surface area contributed by atoms with Gasteiger partial charge in [-0.25, -0.2) is 4.79 Å². The van der Waals surface area contributed by atoms with E-state index in [2.05, 4.69) is 9.72 Å². The van der Waals surface area contributed by atoms with E-state index in [1.54, 1.807) is 12.3 Å². The van der Waals surface area contributed by atoms with E-state index in [1.165, 1.54) is 19.2 Å². The number of H-pyrrole nitrogens is 1. The summed E-state index contributed by atoms with van der Waals surface area (Å²) in [5, 5.41) is 11.3. The molecule has 6 heteroatoms. The van der Waals surface area contributed by atoms with Gasteiger partial charge in [0.2, 0.25) is 0 Å². The van der Waals surface area contributed by atoms with Crippen LogP contribution >= 0.6 is 0 Å². The molecule has 0 fully saturated rings. The lowest BCUT2D eigenvalue weighted by Gasteiger charge is -2.00. The van der Waals surface area contributed by atoms with Gasteiger partial charge < -0.3 is 9.72 Å². The van der Waals surface area contributed by atoms with Gasteiger partial charge >= 0.3 is 5.97 Å². The van der Waals surface area contributed by atoms with Gasteiger partial charge in [0, 0.05) is 12.3 Å². The summed E-state index contributed by atoms with van der Waals surface area (Å²) in [6.45, 7) is 0. The van der Waals surface area contributed by atoms with Crippen LogP contribution in [-0.4, -0.2) is 23.0 Å². The van der Waals surface area contributed by atoms with Gasteiger partial charge in [0.15, 0.2) is 0 Å². The van der Waals surface area contributed by atoms with Crippen LogP contribution in [0.15, 0.2) is 24.4 Å². The average molecular weight is 220 g/mol. The Bertz CT molecular complexity index is 573. The van der Waals surface area contributed by atoms with E-state index < -0.39 is 10.9 Å². The molecule has 16 heavy (non-hydrogen) atoms. The second-order valence-electron chi connectivity index (χ2n) is 3.18. The van der Waals surface area contributed by atoms with Crippen LogP contribution in [0.3, 0.4) is 0 Å². The Morgan fingerprint density at radius 2 is 2.25 bits per heavy atom. The van der Waals surface area contributed by atoms with Crippen molar-refractivity contribution in [3.63, 3.8) is 0 Å². The number of nitro groups is 1. The number of hydrogen-bond donors (Lipinski definition) is 1. The van der Waals surface area contributed by atoms with E-state index in [0.29, 0.717) is 10.9 Å². The van der Waals surface area contributed by atoms with Crippen LogP contribution in [-0.2, 0) is 4.74 Å². The third-order valence-corrected chi connectivity index (χ3v) is 2.26. The topological polar surface area (TPSA) is 85.2 Å². The third-order valence-electron chi connectivity index (χ3n) is 2.26. The van der Waals surface area contributed by atoms with E-state index in [1.807, 2.05) is 0 Å². The Hall–Kier alpha value is -2.37. The van der Waals surface area contributed by atoms with Crippen LogP contribution < -0.4 is 0 Å². The minimum atomic E-state index is -0.598. The quantitative estimate of drug-likeness (QED) is 0.475. The molecule has 0 spiro atoms. The first-order chi connectivity index (χ1) is 7.63. The van der Waals surface area contributed by atoms with Gasteiger partial charge in [-0.15, -0.1) is 0 Å². The molecule has 1 N–H and O–H groups in total. The molecule has 2 aromatic rings. The lowest BCUT2D eigenvalue weighted by molar-refractivity contribution is -0.383. The van der Waals surface area contributed by atoms with Crippen molar-refractivity contribution in [1.82, 2.24) is 4.98 Å². The van der Waals surface area contributed by atoms with E-state index in [-0.39, 0.29) is 11.3 Å². The van der Waals surface area contributed by atoms with Crippen LogP contribution in [0.4, 0.5) is 5.69 Å². The molecular formula is C10H8N2O4. The number of aromatic amines is 1. The Morgan fingerprint density at radius 3 is 2.88 bits per heavy atom. The van der Waals surface area contributed by atoms with Crippen LogP contribution in [0.25, 0.3) is 10.9 Å². The molecule has 1 aromatic carbocycles. The first kappa shape index (κ1) is 10.2. The van der Waals surface area contributed by atoms with Crippen molar-refractivity contribution < 1.29 is 14.5 Å². The number of carbonyl (C=O) groups is 1. The summed E-state index contributed by atoms with van der Waals surface area (Å²) in [5.74, 6) is -0.598. The van der Waals surface area contributed by atoms with Crippen molar-refractivity contribution in [3.8, 4) is 0 Å². The molecular weight excluding hydrogens is 212 g/mol. The maximum Gasteiger partial charge on any atom is 0.338 e. The largest absolute Gasteiger partial charge is 0.465 e. The summed E-state index contributed by atoms with van der Waals surface area (Å²) >= 11 is 0. The highest BCUT2D eigenvalue weighted by molar-refractivity contribution is 5.98. The predicted octanol–water partition coefficient (Wildman–Crippen LogP) is 1.86. The number of nitrogens with zero attached hydrogens (tertiary/aromatic N) is 1. The van der Waals surface area contributed by atoms with Crippen LogP contribution in [0.5, 0.6) is 0 Å². The van der Waals surface area contributed by atoms with E-state index in [0.717, 1.165) is 0 Å². The molecule has 2 rings (SSSR count). The Kier molecular flexibility index (Phi) is 2.32. The van der Waals surface area contributed by atoms with E-state index in [9.17, 15) is 14.9 Å². The van der Waals surface area contributed by atoms with Crippen molar-refractivity contribution in [2.45, 2.75) is 0 Å². The summed E-state index contributed by atoms with van der Waals surface area (Å²) < 4.78 is 4.52. The van der Waals surface area contributed by atoms with Gasteiger partial charge in [-0.3, -0.25) is 10.1 Å². The SMILES string of the molecule is COC(=O)c1cc([N+](=O)[O-])c2cc[nH]c2c1. The minimum Gasteiger partial charge on any atom is -0.465 e. The number of ether oxygens (including phenoxy) is 1. The number of methoxy groups -OCH3 is 1. The number of fused-ring (bicyclic) bond motifs is 1. The summed E-state index contributed by atoms with van der Waals surface area (Å²) in [7, 11) is 1.23. The van der Waals surface area contributed by atoms with Crippen LogP contribution in [0.2, 0.25) is 0 Å². The average Bonchev–Trinajstić information content (AvgIpc) is 2.74. The molecule has 0 bridgehead atoms. The normalized spacial score (nSPS) is 10.3. The Balaban J connectivity index is 2.71. The number of non-ortho nitro benzene ring substituents is 1. The molecule has 0 aliphatic heterocycles. The van der Waals surface area contributed by atoms with Gasteiger partial charge in [-0.2, -0.15) is 0 Å². The number of aromatic nitrogens is 1. The summed E-state index contributed by atoms with van der Waals surface area (Å²) in [4.78, 5) is 24.4. The molecule has 6 nitrogen and oxygen atoms in total. The highest BCUT2D eigenvalue weighted by atomic mass is 16.6. The number of rotatable bonds is 2. The number of hydrogen-bond acceptors (Lipinski definition) is 4. The third kappa shape index (κ3) is 1.50. The van der Waals surface area contributed by atoms with Gasteiger partial charge in [0.25, 0.3) is 5.69 Å². The van der Waals surface area contributed by atoms with Crippen molar-refractivity contribution in [1.29, 1.82) is 0 Å². The maximum atomic E-state index is 11.3. The summed E-state index contributed by atoms with van der Waals surface area (Å²) in [6.07, 6.45) is 1.58. The maximum absolute atomic E-state index is 11.3. The number of carbonyl (C=O) groups excluding carboxylic acids is 1. The molecule has 82 valence electrons. The van der Waals surface area contributed by atoms with Crippen molar-refractivity contribution >= 4 is 22.6 Å². The highest BCUT2D eigenvalue weighted by Gasteiger charge is 2.17. The molecule has 1 aromatic heterocycles. The molecule has 0 aliphatic rings. The molecule has 1 heterocycles. The van der Waals surface area contributed by atoms with Gasteiger partial charge in [0.1, 0.15) is 0 Å². The van der Waals surface area contributed by atoms with Gasteiger partial charge in [-0.1, -0.05) is 0 Å². The zero-order chi connectivity index (χ0) is 11.7. The second-order valence-corrected chi connectivity index (χ2v) is 3.18. The van der Waals surface area contributed by atoms with Crippen LogP contribution in [0.1, 0.15) is 10.4 Å². The standard InChI is InChI=1S/C10H8N2O4/c1-16-10(13)6-4-8-7(2-3-11-8)9(5-6)12(14)15/h2-5,11H,1H3. The van der Waals surface area contributed by atoms with Crippen LogP contribution in [0, 0.1) is 10.1 Å².